The van der Waals surface area contributed by atoms with Crippen LogP contribution in [0, 0.1) is 0 Å². The number of rotatable bonds is 6. The average molecular weight is 303 g/mol. The molecule has 7 heteroatoms. The van der Waals surface area contributed by atoms with Crippen molar-refractivity contribution in [1.29, 1.82) is 0 Å². The number of nitrogens with zero attached hydrogens (tertiary/aromatic N) is 2. The van der Waals surface area contributed by atoms with Crippen LogP contribution in [0.25, 0.3) is 0 Å². The van der Waals surface area contributed by atoms with Gasteiger partial charge in [0.15, 0.2) is 5.82 Å². The van der Waals surface area contributed by atoms with Crippen LogP contribution in [0.2, 0.25) is 0 Å². The highest BCUT2D eigenvalue weighted by molar-refractivity contribution is 6.00. The Bertz CT molecular complexity index is 640. The van der Waals surface area contributed by atoms with Gasteiger partial charge < -0.3 is 19.5 Å². The van der Waals surface area contributed by atoms with E-state index in [1.54, 1.807) is 31.2 Å². The fourth-order valence-electron chi connectivity index (χ4n) is 1.95. The van der Waals surface area contributed by atoms with Crippen molar-refractivity contribution < 1.29 is 18.8 Å². The molecule has 7 nitrogen and oxygen atoms in total. The highest BCUT2D eigenvalue weighted by atomic mass is 16.5. The monoisotopic (exact) mass is 303 g/mol. The normalized spacial score (nSPS) is 10.1. The number of hydrogen-bond donors (Lipinski definition) is 1. The summed E-state index contributed by atoms with van der Waals surface area (Å²) in [6, 6.07) is 8.42. The lowest BCUT2D eigenvalue weighted by Crippen LogP contribution is -2.38. The molecule has 2 aromatic rings. The molecule has 0 saturated heterocycles. The summed E-state index contributed by atoms with van der Waals surface area (Å²) in [5.74, 6) is 0.169. The van der Waals surface area contributed by atoms with Gasteiger partial charge in [0, 0.05) is 12.6 Å². The van der Waals surface area contributed by atoms with E-state index in [1.807, 2.05) is 0 Å². The zero-order valence-electron chi connectivity index (χ0n) is 12.4. The molecule has 116 valence electrons. The molecule has 0 spiro atoms. The van der Waals surface area contributed by atoms with Crippen LogP contribution in [0.1, 0.15) is 17.3 Å². The number of para-hydroxylation sites is 1. The zero-order chi connectivity index (χ0) is 15.9. The van der Waals surface area contributed by atoms with E-state index < -0.39 is 0 Å². The largest absolute Gasteiger partial charge is 0.496 e. The topological polar surface area (TPSA) is 84.7 Å². The third-order valence-electron chi connectivity index (χ3n) is 3.05. The fourth-order valence-corrected chi connectivity index (χ4v) is 1.95. The number of likely N-dealkylation sites (N-methyl/N-ethyl adjacent to an activating group) is 1. The predicted octanol–water partition coefficient (Wildman–Crippen LogP) is 1.78. The molecule has 0 aliphatic heterocycles. The van der Waals surface area contributed by atoms with Crippen LogP contribution in [0.5, 0.6) is 5.75 Å². The van der Waals surface area contributed by atoms with E-state index in [0.717, 1.165) is 0 Å². The van der Waals surface area contributed by atoms with Crippen LogP contribution in [-0.2, 0) is 4.79 Å². The average Bonchev–Trinajstić information content (AvgIpc) is 3.04. The van der Waals surface area contributed by atoms with Crippen LogP contribution in [-0.4, -0.2) is 42.1 Å². The number of nitrogens with one attached hydrogen (secondary N) is 1. The van der Waals surface area contributed by atoms with Crippen molar-refractivity contribution in [2.24, 2.45) is 0 Å². The van der Waals surface area contributed by atoms with Gasteiger partial charge in [-0.3, -0.25) is 9.59 Å². The molecular formula is C15H17N3O4. The van der Waals surface area contributed by atoms with Gasteiger partial charge in [-0.15, -0.1) is 0 Å². The second kappa shape index (κ2) is 7.26. The lowest BCUT2D eigenvalue weighted by molar-refractivity contribution is -0.116. The first-order valence-electron chi connectivity index (χ1n) is 6.78. The van der Waals surface area contributed by atoms with Crippen molar-refractivity contribution in [3.63, 3.8) is 0 Å². The van der Waals surface area contributed by atoms with Gasteiger partial charge in [-0.25, -0.2) is 0 Å². The summed E-state index contributed by atoms with van der Waals surface area (Å²) in [7, 11) is 1.50. The summed E-state index contributed by atoms with van der Waals surface area (Å²) >= 11 is 0. The van der Waals surface area contributed by atoms with Crippen LogP contribution >= 0.6 is 0 Å². The molecule has 1 heterocycles. The molecule has 0 aliphatic carbocycles. The molecule has 1 aromatic carbocycles. The smallest absolute Gasteiger partial charge is 0.258 e. The van der Waals surface area contributed by atoms with E-state index >= 15 is 0 Å². The number of anilines is 1. The maximum atomic E-state index is 12.5. The van der Waals surface area contributed by atoms with Crippen LogP contribution in [0.3, 0.4) is 0 Å². The number of methoxy groups -OCH3 is 1. The molecule has 0 unspecified atom stereocenters. The van der Waals surface area contributed by atoms with E-state index in [0.29, 0.717) is 23.7 Å². The van der Waals surface area contributed by atoms with Gasteiger partial charge in [0.25, 0.3) is 5.91 Å². The van der Waals surface area contributed by atoms with Crippen LogP contribution < -0.4 is 10.1 Å². The Morgan fingerprint density at radius 2 is 2.09 bits per heavy atom. The number of aromatic nitrogens is 1. The Hall–Kier alpha value is -2.83. The van der Waals surface area contributed by atoms with Crippen molar-refractivity contribution >= 4 is 17.6 Å². The summed E-state index contributed by atoms with van der Waals surface area (Å²) < 4.78 is 9.81. The Morgan fingerprint density at radius 3 is 2.73 bits per heavy atom. The second-order valence-corrected chi connectivity index (χ2v) is 4.45. The first kappa shape index (κ1) is 15.6. The van der Waals surface area contributed by atoms with Crippen LogP contribution in [0.15, 0.2) is 41.1 Å². The number of ether oxygens (including phenoxy) is 1. The quantitative estimate of drug-likeness (QED) is 0.879. The Balaban J connectivity index is 2.07. The minimum absolute atomic E-state index is 0.0831. The first-order chi connectivity index (χ1) is 10.7. The molecule has 1 N–H and O–H groups in total. The van der Waals surface area contributed by atoms with Gasteiger partial charge in [0.05, 0.1) is 12.7 Å². The molecule has 0 atom stereocenters. The maximum Gasteiger partial charge on any atom is 0.258 e. The Morgan fingerprint density at radius 1 is 1.32 bits per heavy atom. The number of hydrogen-bond acceptors (Lipinski definition) is 5. The first-order valence-corrected chi connectivity index (χ1v) is 6.78. The summed E-state index contributed by atoms with van der Waals surface area (Å²) in [6.45, 7) is 2.11. The lowest BCUT2D eigenvalue weighted by atomic mass is 10.1. The highest BCUT2D eigenvalue weighted by Gasteiger charge is 2.20. The van der Waals surface area contributed by atoms with E-state index in [9.17, 15) is 9.59 Å². The number of amides is 2. The molecule has 0 fully saturated rings. The van der Waals surface area contributed by atoms with Gasteiger partial charge in [0.2, 0.25) is 5.91 Å². The maximum absolute atomic E-state index is 12.5. The Kier molecular flexibility index (Phi) is 5.13. The fraction of sp³-hybridized carbons (Fsp3) is 0.267. The highest BCUT2D eigenvalue weighted by Crippen LogP contribution is 2.19. The van der Waals surface area contributed by atoms with Crippen molar-refractivity contribution in [3.8, 4) is 5.75 Å². The molecule has 0 radical (unpaired) electrons. The van der Waals surface area contributed by atoms with Crippen molar-refractivity contribution in [2.45, 2.75) is 6.92 Å². The van der Waals surface area contributed by atoms with Crippen molar-refractivity contribution in [1.82, 2.24) is 10.1 Å². The number of benzene rings is 1. The molecule has 0 saturated carbocycles. The summed E-state index contributed by atoms with van der Waals surface area (Å²) in [5.41, 5.74) is 0.418. The van der Waals surface area contributed by atoms with Gasteiger partial charge in [-0.1, -0.05) is 17.3 Å². The standard InChI is InChI=1S/C15H17N3O4/c1-3-18(10-14(19)16-13-8-9-22-17-13)15(20)11-6-4-5-7-12(11)21-2/h4-9H,3,10H2,1-2H3,(H,16,17,19). The van der Waals surface area contributed by atoms with Gasteiger partial charge in [0.1, 0.15) is 18.6 Å². The van der Waals surface area contributed by atoms with Gasteiger partial charge >= 0.3 is 0 Å². The summed E-state index contributed by atoms with van der Waals surface area (Å²) in [4.78, 5) is 25.9. The van der Waals surface area contributed by atoms with Crippen molar-refractivity contribution in [2.75, 3.05) is 25.5 Å². The zero-order valence-corrected chi connectivity index (χ0v) is 12.4. The second-order valence-electron chi connectivity index (χ2n) is 4.45. The third-order valence-corrected chi connectivity index (χ3v) is 3.05. The van der Waals surface area contributed by atoms with Crippen LogP contribution in [0.4, 0.5) is 5.82 Å². The minimum atomic E-state index is -0.348. The predicted molar refractivity (Wildman–Crippen MR) is 79.7 cm³/mol. The van der Waals surface area contributed by atoms with Gasteiger partial charge in [-0.05, 0) is 19.1 Å². The number of carbonyl (C=O) groups is 2. The minimum Gasteiger partial charge on any atom is -0.496 e. The molecule has 2 amide bonds. The molecule has 0 aliphatic rings. The van der Waals surface area contributed by atoms with E-state index in [1.165, 1.54) is 24.3 Å². The number of carbonyl (C=O) groups excluding carboxylic acids is 2. The summed E-state index contributed by atoms with van der Waals surface area (Å²) in [6.07, 6.45) is 1.35. The summed E-state index contributed by atoms with van der Waals surface area (Å²) in [5, 5.41) is 6.14. The lowest BCUT2D eigenvalue weighted by Gasteiger charge is -2.21. The molecule has 2 rings (SSSR count). The molecular weight excluding hydrogens is 286 g/mol. The van der Waals surface area contributed by atoms with Crippen molar-refractivity contribution in [3.05, 3.63) is 42.2 Å². The Labute approximate surface area is 127 Å². The van der Waals surface area contributed by atoms with E-state index in [2.05, 4.69) is 15.0 Å². The van der Waals surface area contributed by atoms with E-state index in [-0.39, 0.29) is 18.4 Å². The van der Waals surface area contributed by atoms with E-state index in [4.69, 9.17) is 4.74 Å². The van der Waals surface area contributed by atoms with Gasteiger partial charge in [-0.2, -0.15) is 0 Å². The SMILES string of the molecule is CCN(CC(=O)Nc1ccon1)C(=O)c1ccccc1OC. The molecule has 0 bridgehead atoms. The molecule has 1 aromatic heterocycles. The third kappa shape index (κ3) is 3.63. The molecule has 22 heavy (non-hydrogen) atoms.